The molecular weight excluding hydrogens is 504 g/mol. The van der Waals surface area contributed by atoms with Crippen LogP contribution in [0.4, 0.5) is 0 Å². The van der Waals surface area contributed by atoms with Crippen molar-refractivity contribution in [2.24, 2.45) is 0 Å². The zero-order valence-corrected chi connectivity index (χ0v) is 17.2. The Labute approximate surface area is 180 Å². The number of hydrogen-bond acceptors (Lipinski definition) is 13. The van der Waals surface area contributed by atoms with Crippen LogP contribution in [0.2, 0.25) is 0 Å². The molecule has 0 atom stereocenters. The first kappa shape index (κ1) is 50.4. The maximum absolute atomic E-state index is 8.88. The fourth-order valence-corrected chi connectivity index (χ4v) is 0. The Morgan fingerprint density at radius 2 is 0.500 bits per heavy atom. The molecule has 3 N–H and O–H groups in total. The molecule has 0 saturated carbocycles. The molecule has 0 amide bonds. The van der Waals surface area contributed by atoms with Crippen molar-refractivity contribution in [2.75, 3.05) is 0 Å². The van der Waals surface area contributed by atoms with Crippen molar-refractivity contribution >= 4 is 31.3 Å². The molecule has 0 spiro atoms. The third-order valence-electron chi connectivity index (χ3n) is 0. The number of hydrogen-bond donors (Lipinski definition) is 3. The van der Waals surface area contributed by atoms with E-state index >= 15 is 0 Å². The Hall–Kier alpha value is 2.73. The van der Waals surface area contributed by atoms with Gasteiger partial charge in [0.25, 0.3) is 0 Å². The van der Waals surface area contributed by atoms with Crippen LogP contribution in [0, 0.1) is 0 Å². The van der Waals surface area contributed by atoms with E-state index in [0.717, 1.165) is 0 Å². The molecule has 0 saturated heterocycles. The van der Waals surface area contributed by atoms with E-state index in [4.69, 9.17) is 77.0 Å². The van der Waals surface area contributed by atoms with Gasteiger partial charge in [-0.15, -0.1) is 0 Å². The standard InChI is InChI=1S/Co.2Li.4H3O4P.V/c;;;4*1-5(2,3)4;/h;;;4*(H3,1,2,3,4);/q+2;2*+1;;;;;/p-9. The molecular formula is H3CoLi2O16P4V-5. The van der Waals surface area contributed by atoms with Gasteiger partial charge in [0.1, 0.15) is 0 Å². The molecule has 0 aromatic heterocycles. The fourth-order valence-electron chi connectivity index (χ4n) is 0. The zero-order chi connectivity index (χ0) is 18.0. The predicted molar refractivity (Wildman–Crippen MR) is 37.1 cm³/mol. The topological polar surface area (TPSA) is 337 Å². The van der Waals surface area contributed by atoms with Crippen molar-refractivity contribution in [3.63, 3.8) is 0 Å². The summed E-state index contributed by atoms with van der Waals surface area (Å²) in [5.41, 5.74) is 0. The van der Waals surface area contributed by atoms with Gasteiger partial charge in [-0.05, 0) is 0 Å². The molecule has 0 aromatic rings. The Morgan fingerprint density at radius 1 is 0.500 bits per heavy atom. The van der Waals surface area contributed by atoms with E-state index in [1.807, 2.05) is 0 Å². The van der Waals surface area contributed by atoms with Gasteiger partial charge >= 0.3 is 62.3 Å². The van der Waals surface area contributed by atoms with Gasteiger partial charge in [-0.25, -0.2) is 4.57 Å². The van der Waals surface area contributed by atoms with Gasteiger partial charge in [0.15, 0.2) is 0 Å². The van der Waals surface area contributed by atoms with E-state index in [2.05, 4.69) is 0 Å². The van der Waals surface area contributed by atoms with Gasteiger partial charge in [-0.1, -0.05) is 0 Å². The minimum Gasteiger partial charge on any atom is -0.822 e. The van der Waals surface area contributed by atoms with Crippen LogP contribution in [0.1, 0.15) is 0 Å². The van der Waals surface area contributed by atoms with Crippen LogP contribution < -0.4 is 81.8 Å². The molecule has 0 aromatic carbocycles. The average molecular weight is 507 g/mol. The maximum Gasteiger partial charge on any atom is 2.00 e. The van der Waals surface area contributed by atoms with Crippen LogP contribution in [0.15, 0.2) is 0 Å². The van der Waals surface area contributed by atoms with E-state index in [1.165, 1.54) is 0 Å². The summed E-state index contributed by atoms with van der Waals surface area (Å²) < 4.78 is 34.5. The van der Waals surface area contributed by atoms with E-state index in [0.29, 0.717) is 0 Å². The summed E-state index contributed by atoms with van der Waals surface area (Å²) in [6, 6.07) is 0. The quantitative estimate of drug-likeness (QED) is 0.202. The molecule has 0 unspecified atom stereocenters. The van der Waals surface area contributed by atoms with Crippen LogP contribution in [0.25, 0.3) is 0 Å². The first-order chi connectivity index (χ1) is 8.00. The van der Waals surface area contributed by atoms with Gasteiger partial charge in [0.05, 0.1) is 0 Å². The van der Waals surface area contributed by atoms with Crippen molar-refractivity contribution in [2.45, 2.75) is 0 Å². The summed E-state index contributed by atoms with van der Waals surface area (Å²) in [5.74, 6) is 0. The molecule has 0 bridgehead atoms. The van der Waals surface area contributed by atoms with Crippen molar-refractivity contribution in [3.05, 3.63) is 0 Å². The van der Waals surface area contributed by atoms with Crippen LogP contribution in [0.5, 0.6) is 0 Å². The summed E-state index contributed by atoms with van der Waals surface area (Å²) in [6.07, 6.45) is 0. The third kappa shape index (κ3) is 1870. The molecule has 0 fully saturated rings. The molecule has 24 heavy (non-hydrogen) atoms. The summed E-state index contributed by atoms with van der Waals surface area (Å²) in [5, 5.41) is 0. The zero-order valence-electron chi connectivity index (χ0n) is 11.2. The van der Waals surface area contributed by atoms with Crippen LogP contribution >= 0.6 is 31.3 Å². The van der Waals surface area contributed by atoms with Gasteiger partial charge in [0, 0.05) is 18.6 Å². The molecule has 0 aliphatic rings. The van der Waals surface area contributed by atoms with Gasteiger partial charge in [0.2, 0.25) is 0 Å². The Balaban J connectivity index is -0.0000000225. The normalized spacial score (nSPS) is 9.83. The van der Waals surface area contributed by atoms with Crippen molar-refractivity contribution < 1.29 is 150 Å². The second-order valence-corrected chi connectivity index (χ2v) is 5.56. The number of rotatable bonds is 0. The summed E-state index contributed by atoms with van der Waals surface area (Å²) >= 11 is 0. The Kier molecular flexibility index (Phi) is 46.3. The summed E-state index contributed by atoms with van der Waals surface area (Å²) in [6.45, 7) is 0. The summed E-state index contributed by atoms with van der Waals surface area (Å²) in [4.78, 5) is 98.5. The molecule has 0 aliphatic heterocycles. The second-order valence-electron chi connectivity index (χ2n) is 1.85. The monoisotopic (exact) mass is 507 g/mol. The minimum absolute atomic E-state index is 0. The molecule has 0 aliphatic carbocycles. The molecule has 0 heterocycles. The first-order valence-electron chi connectivity index (χ1n) is 2.97. The predicted octanol–water partition coefficient (Wildman–Crippen LogP) is -15.4. The minimum atomic E-state index is -5.39. The van der Waals surface area contributed by atoms with Gasteiger partial charge in [-0.3, -0.25) is 0 Å². The van der Waals surface area contributed by atoms with Crippen molar-refractivity contribution in [1.82, 2.24) is 0 Å². The third-order valence-corrected chi connectivity index (χ3v) is 0. The number of phosphoric acid groups is 4. The van der Waals surface area contributed by atoms with E-state index in [9.17, 15) is 0 Å². The SMILES string of the molecule is O=P(O)(O)O.O=P([O-])([O-])[O-].O=P([O-])([O-])[O-].O=P([O-])([O-])[O-].[Co+2].[Li+].[Li+].[V]. The van der Waals surface area contributed by atoms with Crippen molar-refractivity contribution in [1.29, 1.82) is 0 Å². The van der Waals surface area contributed by atoms with Crippen LogP contribution in [0.3, 0.4) is 0 Å². The molecule has 2 radical (unpaired) electrons. The fraction of sp³-hybridized carbons (Fsp3) is 0. The smallest absolute Gasteiger partial charge is 0.822 e. The van der Waals surface area contributed by atoms with Gasteiger partial charge < -0.3 is 72.4 Å². The Morgan fingerprint density at radius 3 is 0.500 bits per heavy atom. The van der Waals surface area contributed by atoms with E-state index in [1.54, 1.807) is 0 Å². The Bertz CT molecular complexity index is 301. The first-order valence-corrected chi connectivity index (χ1v) is 8.92. The van der Waals surface area contributed by atoms with Crippen LogP contribution in [-0.2, 0) is 53.6 Å². The van der Waals surface area contributed by atoms with Crippen molar-refractivity contribution in [3.8, 4) is 0 Å². The van der Waals surface area contributed by atoms with Gasteiger partial charge in [-0.2, -0.15) is 23.5 Å². The molecule has 16 nitrogen and oxygen atoms in total. The summed E-state index contributed by atoms with van der Waals surface area (Å²) in [7, 11) is -20.8. The molecule has 24 heteroatoms. The average Bonchev–Trinajstić information content (AvgIpc) is 1.62. The second kappa shape index (κ2) is 22.0. The largest absolute Gasteiger partial charge is 2.00 e. The van der Waals surface area contributed by atoms with E-state index < -0.39 is 31.3 Å². The maximum atomic E-state index is 8.88. The molecule has 140 valence electrons. The van der Waals surface area contributed by atoms with Crippen LogP contribution in [-0.4, -0.2) is 14.7 Å². The van der Waals surface area contributed by atoms with E-state index in [-0.39, 0.29) is 73.1 Å². The molecule has 0 rings (SSSR count).